The number of aromatic nitrogens is 2. The van der Waals surface area contributed by atoms with Crippen LogP contribution in [0.4, 0.5) is 13.2 Å². The monoisotopic (exact) mass is 310 g/mol. The molecule has 0 aliphatic rings. The number of fused-ring (bicyclic) bond motifs is 1. The van der Waals surface area contributed by atoms with Crippen LogP contribution in [0.3, 0.4) is 0 Å². The Balaban J connectivity index is 2.91. The molecule has 0 aliphatic heterocycles. The SMILES string of the molecule is FC(F)(F)c1cc(Br)cc2ncnc(Cl)c12. The molecule has 0 atom stereocenters. The van der Waals surface area contributed by atoms with E-state index in [0.29, 0.717) is 4.47 Å². The van der Waals surface area contributed by atoms with Crippen molar-refractivity contribution in [2.24, 2.45) is 0 Å². The van der Waals surface area contributed by atoms with E-state index < -0.39 is 11.7 Å². The zero-order chi connectivity index (χ0) is 11.9. The predicted octanol–water partition coefficient (Wildman–Crippen LogP) is 4.06. The van der Waals surface area contributed by atoms with Crippen LogP contribution in [0.1, 0.15) is 5.56 Å². The van der Waals surface area contributed by atoms with Gasteiger partial charge in [0.05, 0.1) is 11.1 Å². The summed E-state index contributed by atoms with van der Waals surface area (Å²) in [4.78, 5) is 7.30. The van der Waals surface area contributed by atoms with Gasteiger partial charge in [-0.15, -0.1) is 0 Å². The van der Waals surface area contributed by atoms with Crippen LogP contribution >= 0.6 is 27.5 Å². The summed E-state index contributed by atoms with van der Waals surface area (Å²) in [5.41, 5.74) is -0.691. The van der Waals surface area contributed by atoms with E-state index in [2.05, 4.69) is 25.9 Å². The molecule has 0 spiro atoms. The van der Waals surface area contributed by atoms with Crippen molar-refractivity contribution in [3.8, 4) is 0 Å². The molecule has 0 saturated heterocycles. The molecular formula is C9H3BrClF3N2. The number of rotatable bonds is 0. The maximum absolute atomic E-state index is 12.7. The van der Waals surface area contributed by atoms with Gasteiger partial charge in [0.25, 0.3) is 0 Å². The summed E-state index contributed by atoms with van der Waals surface area (Å²) in [6.45, 7) is 0. The third-order valence-electron chi connectivity index (χ3n) is 1.96. The standard InChI is InChI=1S/C9H3BrClF3N2/c10-4-1-5(9(12,13)14)7-6(2-4)15-3-16-8(7)11/h1-3H. The number of halogens is 5. The largest absolute Gasteiger partial charge is 0.417 e. The summed E-state index contributed by atoms with van der Waals surface area (Å²) >= 11 is 8.65. The van der Waals surface area contributed by atoms with Gasteiger partial charge in [-0.3, -0.25) is 0 Å². The van der Waals surface area contributed by atoms with Gasteiger partial charge in [-0.2, -0.15) is 13.2 Å². The third-order valence-corrected chi connectivity index (χ3v) is 2.71. The Morgan fingerprint density at radius 3 is 2.50 bits per heavy atom. The summed E-state index contributed by atoms with van der Waals surface area (Å²) in [6, 6.07) is 2.41. The van der Waals surface area contributed by atoms with Crippen molar-refractivity contribution in [3.63, 3.8) is 0 Å². The first-order valence-corrected chi connectivity index (χ1v) is 5.23. The maximum Gasteiger partial charge on any atom is 0.417 e. The summed E-state index contributed by atoms with van der Waals surface area (Å²) in [7, 11) is 0. The normalized spacial score (nSPS) is 12.1. The Morgan fingerprint density at radius 2 is 1.88 bits per heavy atom. The minimum Gasteiger partial charge on any atom is -0.236 e. The van der Waals surface area contributed by atoms with Crippen molar-refractivity contribution >= 4 is 38.4 Å². The Bertz CT molecular complexity index is 556. The summed E-state index contributed by atoms with van der Waals surface area (Å²) in [6.07, 6.45) is -3.37. The highest BCUT2D eigenvalue weighted by molar-refractivity contribution is 9.10. The Kier molecular flexibility index (Phi) is 2.79. The van der Waals surface area contributed by atoms with Gasteiger partial charge in [0, 0.05) is 9.86 Å². The van der Waals surface area contributed by atoms with Gasteiger partial charge in [0.1, 0.15) is 11.5 Å². The molecule has 0 unspecified atom stereocenters. The van der Waals surface area contributed by atoms with E-state index in [9.17, 15) is 13.2 Å². The van der Waals surface area contributed by atoms with Crippen molar-refractivity contribution in [2.75, 3.05) is 0 Å². The van der Waals surface area contributed by atoms with Crippen LogP contribution in [0.25, 0.3) is 10.9 Å². The van der Waals surface area contributed by atoms with Crippen LogP contribution in [0.15, 0.2) is 22.9 Å². The van der Waals surface area contributed by atoms with Gasteiger partial charge < -0.3 is 0 Å². The van der Waals surface area contributed by atoms with E-state index in [0.717, 1.165) is 12.4 Å². The Hall–Kier alpha value is -0.880. The van der Waals surface area contributed by atoms with Gasteiger partial charge in [-0.1, -0.05) is 27.5 Å². The van der Waals surface area contributed by atoms with Gasteiger partial charge in [-0.05, 0) is 12.1 Å². The predicted molar refractivity (Wildman–Crippen MR) is 57.2 cm³/mol. The molecule has 0 amide bonds. The number of nitrogens with zero attached hydrogens (tertiary/aromatic N) is 2. The van der Waals surface area contributed by atoms with Gasteiger partial charge in [0.2, 0.25) is 0 Å². The lowest BCUT2D eigenvalue weighted by molar-refractivity contribution is -0.136. The highest BCUT2D eigenvalue weighted by Gasteiger charge is 2.34. The van der Waals surface area contributed by atoms with E-state index in [1.165, 1.54) is 6.07 Å². The number of alkyl halides is 3. The molecule has 2 aromatic rings. The van der Waals surface area contributed by atoms with E-state index in [-0.39, 0.29) is 16.1 Å². The Labute approximate surface area is 102 Å². The highest BCUT2D eigenvalue weighted by Crippen LogP contribution is 2.38. The van der Waals surface area contributed by atoms with E-state index in [4.69, 9.17) is 11.6 Å². The fourth-order valence-electron chi connectivity index (χ4n) is 1.34. The number of benzene rings is 1. The molecule has 1 heterocycles. The summed E-state index contributed by atoms with van der Waals surface area (Å²) in [5, 5.41) is -0.385. The molecule has 0 N–H and O–H groups in total. The minimum absolute atomic E-state index is 0.154. The first-order chi connectivity index (χ1) is 7.39. The average molecular weight is 311 g/mol. The lowest BCUT2D eigenvalue weighted by Crippen LogP contribution is -2.07. The molecule has 0 bridgehead atoms. The molecular weight excluding hydrogens is 308 g/mol. The molecule has 16 heavy (non-hydrogen) atoms. The molecule has 1 aromatic carbocycles. The smallest absolute Gasteiger partial charge is 0.236 e. The fraction of sp³-hybridized carbons (Fsp3) is 0.111. The average Bonchev–Trinajstić information content (AvgIpc) is 2.15. The van der Waals surface area contributed by atoms with Crippen LogP contribution in [0.5, 0.6) is 0 Å². The molecule has 0 fully saturated rings. The van der Waals surface area contributed by atoms with Gasteiger partial charge in [0.15, 0.2) is 0 Å². The first kappa shape index (κ1) is 11.6. The molecule has 2 nitrogen and oxygen atoms in total. The van der Waals surface area contributed by atoms with Crippen molar-refractivity contribution in [1.29, 1.82) is 0 Å². The van der Waals surface area contributed by atoms with Gasteiger partial charge >= 0.3 is 6.18 Å². The van der Waals surface area contributed by atoms with E-state index in [1.54, 1.807) is 0 Å². The van der Waals surface area contributed by atoms with E-state index in [1.807, 2.05) is 0 Å². The molecule has 7 heteroatoms. The third kappa shape index (κ3) is 1.99. The highest BCUT2D eigenvalue weighted by atomic mass is 79.9. The molecule has 0 saturated carbocycles. The second kappa shape index (κ2) is 3.85. The lowest BCUT2D eigenvalue weighted by Gasteiger charge is -2.11. The summed E-state index contributed by atoms with van der Waals surface area (Å²) in [5.74, 6) is 0. The van der Waals surface area contributed by atoms with Crippen molar-refractivity contribution in [1.82, 2.24) is 9.97 Å². The van der Waals surface area contributed by atoms with Crippen molar-refractivity contribution in [2.45, 2.75) is 6.18 Å². The molecule has 1 aromatic heterocycles. The zero-order valence-electron chi connectivity index (χ0n) is 7.52. The molecule has 0 aliphatic carbocycles. The topological polar surface area (TPSA) is 25.8 Å². The molecule has 84 valence electrons. The number of hydrogen-bond acceptors (Lipinski definition) is 2. The van der Waals surface area contributed by atoms with Crippen LogP contribution in [-0.4, -0.2) is 9.97 Å². The molecule has 2 rings (SSSR count). The maximum atomic E-state index is 12.7. The van der Waals surface area contributed by atoms with Crippen molar-refractivity contribution < 1.29 is 13.2 Å². The second-order valence-corrected chi connectivity index (χ2v) is 4.28. The van der Waals surface area contributed by atoms with Gasteiger partial charge in [-0.25, -0.2) is 9.97 Å². The van der Waals surface area contributed by atoms with Crippen molar-refractivity contribution in [3.05, 3.63) is 33.6 Å². The number of hydrogen-bond donors (Lipinski definition) is 0. The first-order valence-electron chi connectivity index (χ1n) is 4.06. The Morgan fingerprint density at radius 1 is 1.19 bits per heavy atom. The molecule has 0 radical (unpaired) electrons. The van der Waals surface area contributed by atoms with Crippen LogP contribution < -0.4 is 0 Å². The second-order valence-electron chi connectivity index (χ2n) is 3.01. The minimum atomic E-state index is -4.49. The van der Waals surface area contributed by atoms with Crippen LogP contribution in [0.2, 0.25) is 5.15 Å². The van der Waals surface area contributed by atoms with Crippen LogP contribution in [-0.2, 0) is 6.18 Å². The fourth-order valence-corrected chi connectivity index (χ4v) is 2.03. The lowest BCUT2D eigenvalue weighted by atomic mass is 10.1. The summed E-state index contributed by atoms with van der Waals surface area (Å²) < 4.78 is 38.5. The van der Waals surface area contributed by atoms with Crippen LogP contribution in [0, 0.1) is 0 Å². The van der Waals surface area contributed by atoms with E-state index >= 15 is 0 Å². The zero-order valence-corrected chi connectivity index (χ0v) is 9.86. The quantitative estimate of drug-likeness (QED) is 0.686.